The van der Waals surface area contributed by atoms with E-state index < -0.39 is 32.2 Å². The van der Waals surface area contributed by atoms with Crippen LogP contribution in [0.2, 0.25) is 0 Å². The summed E-state index contributed by atoms with van der Waals surface area (Å²) < 4.78 is 64.5. The molecule has 2 aromatic rings. The van der Waals surface area contributed by atoms with Crippen LogP contribution in [0.3, 0.4) is 0 Å². The number of carbonyl (C=O) groups is 5. The molecule has 16 aliphatic carbocycles. The van der Waals surface area contributed by atoms with Gasteiger partial charge in [-0.15, -0.1) is 0 Å². The summed E-state index contributed by atoms with van der Waals surface area (Å²) in [7, 11) is -5.86. The summed E-state index contributed by atoms with van der Waals surface area (Å²) in [6, 6.07) is 20.2. The SMILES string of the molecule is C.C.CC.CI.CS(=O)(=O)O.CS(=O)(=O)OC1C2CC3CC(C2)C(=O)C1C3.NC1CC2CCCC(C1)C2.O=C(NC1CC2CCCC(C2)C1)OCc1ccccc1.O=C(O)[C@@H]1CC2C=CCC(C2)C1.O=C(O)[C@@H]1CC2C=CCC(C2)C1.O=C1C2CC3CC(C2)CC1C3.OCc1ccccc1.[2H]C.[CH3-].[HH].[K+].[K+].[N-]=[N+]=[N-].[Na+].[OH-]. The van der Waals surface area contributed by atoms with E-state index in [2.05, 4.69) is 52.2 Å². The number of carboxylic acids is 2. The number of Topliss-reactive ketones (excluding diaryl/α,β-unsaturated/α-hetero) is 2. The molecular formula is C82H137IK2N5NaO16S2. The predicted octanol–water partition coefficient (Wildman–Crippen LogP) is 9.97. The molecule has 0 aliphatic heterocycles. The fourth-order valence-corrected chi connectivity index (χ4v) is 20.4. The maximum Gasteiger partial charge on any atom is 1.00 e. The maximum atomic E-state index is 12.0. The Morgan fingerprint density at radius 1 is 0.587 bits per heavy atom. The van der Waals surface area contributed by atoms with E-state index in [1.807, 2.05) is 79.4 Å². The molecule has 608 valence electrons. The van der Waals surface area contributed by atoms with Crippen LogP contribution in [0.25, 0.3) is 16.0 Å². The monoisotopic (exact) mass is 1740 g/mol. The molecule has 0 spiro atoms. The first-order chi connectivity index (χ1) is 49.3. The van der Waals surface area contributed by atoms with Gasteiger partial charge in [0.1, 0.15) is 18.2 Å². The Morgan fingerprint density at radius 3 is 1.34 bits per heavy atom. The summed E-state index contributed by atoms with van der Waals surface area (Å²) in [6.07, 6.45) is 44.5. The minimum atomic E-state index is -3.67. The number of allylic oxidation sites excluding steroid dienone is 4. The normalized spacial score (nSPS) is 31.9. The maximum absolute atomic E-state index is 12.0. The molecule has 13 unspecified atom stereocenters. The smallest absolute Gasteiger partial charge is 0.870 e. The van der Waals surface area contributed by atoms with Gasteiger partial charge in [0.25, 0.3) is 20.2 Å². The van der Waals surface area contributed by atoms with Gasteiger partial charge in [0, 0.05) is 38.6 Å². The number of nitrogens with zero attached hydrogens (tertiary/aromatic N) is 3. The third-order valence-corrected chi connectivity index (χ3v) is 23.8. The largest absolute Gasteiger partial charge is 1.00 e. The van der Waals surface area contributed by atoms with Crippen LogP contribution in [0.15, 0.2) is 85.0 Å². The van der Waals surface area contributed by atoms with Crippen LogP contribution in [0.5, 0.6) is 0 Å². The number of alkyl halides is 1. The Bertz CT molecular complexity index is 3140. The fraction of sp³-hybridized carbons (Fsp3) is 0.732. The van der Waals surface area contributed by atoms with E-state index in [1.165, 1.54) is 121 Å². The molecule has 14 fully saturated rings. The predicted molar refractivity (Wildman–Crippen MR) is 433 cm³/mol. The van der Waals surface area contributed by atoms with Crippen molar-refractivity contribution in [1.29, 1.82) is 0 Å². The Morgan fingerprint density at radius 2 is 0.963 bits per heavy atom. The molecule has 16 bridgehead atoms. The summed E-state index contributed by atoms with van der Waals surface area (Å²) in [4.78, 5) is 60.4. The van der Waals surface area contributed by atoms with Crippen molar-refractivity contribution < 1.29 is 210 Å². The number of ketones is 2. The van der Waals surface area contributed by atoms with E-state index in [-0.39, 0.29) is 216 Å². The average Bonchev–Trinajstić information content (AvgIpc) is 0.747. The molecule has 0 aromatic heterocycles. The molecule has 8 N–H and O–H groups in total. The van der Waals surface area contributed by atoms with Crippen LogP contribution in [0, 0.1) is 114 Å². The number of fused-ring (bicyclic) bond motifs is 8. The molecule has 21 nitrogen and oxygen atoms in total. The Labute approximate surface area is 780 Å². The first-order valence-electron chi connectivity index (χ1n) is 38.7. The number of hydrogen-bond donors (Lipinski definition) is 6. The number of nitrogens with two attached hydrogens (primary N) is 1. The van der Waals surface area contributed by atoms with Gasteiger partial charge in [-0.1, -0.05) is 182 Å². The summed E-state index contributed by atoms with van der Waals surface area (Å²) in [6.45, 7) is 4.49. The van der Waals surface area contributed by atoms with Gasteiger partial charge in [0.15, 0.2) is 0 Å². The Balaban J connectivity index is -0.000000585. The number of carbonyl (C=O) groups excluding carboxylic acids is 3. The number of nitrogens with one attached hydrogen (secondary N) is 1. The molecule has 2 aromatic carbocycles. The van der Waals surface area contributed by atoms with E-state index in [9.17, 15) is 40.8 Å². The number of aliphatic carboxylic acids is 2. The van der Waals surface area contributed by atoms with Gasteiger partial charge in [-0.25, -0.2) is 4.79 Å². The van der Waals surface area contributed by atoms with Gasteiger partial charge >= 0.3 is 150 Å². The molecule has 0 heterocycles. The first kappa shape index (κ1) is 111. The van der Waals surface area contributed by atoms with Gasteiger partial charge in [0.05, 0.1) is 37.1 Å². The summed E-state index contributed by atoms with van der Waals surface area (Å²) in [5.41, 5.74) is 21.4. The van der Waals surface area contributed by atoms with Crippen LogP contribution in [0.4, 0.5) is 4.79 Å². The number of aliphatic hydroxyl groups excluding tert-OH is 1. The van der Waals surface area contributed by atoms with Crippen molar-refractivity contribution >= 4 is 72.4 Å². The molecule has 18 rings (SSSR count). The Hall–Kier alpha value is -0.517. The second-order valence-electron chi connectivity index (χ2n) is 31.2. The number of halogens is 1. The van der Waals surface area contributed by atoms with E-state index in [0.29, 0.717) is 72.2 Å². The van der Waals surface area contributed by atoms with Crippen molar-refractivity contribution in [2.75, 3.05) is 17.4 Å². The summed E-state index contributed by atoms with van der Waals surface area (Å²) in [5, 5.41) is 29.3. The van der Waals surface area contributed by atoms with Crippen molar-refractivity contribution in [3.8, 4) is 0 Å². The number of alkyl carbamates (subject to hydrolysis) is 1. The molecule has 109 heavy (non-hydrogen) atoms. The second-order valence-corrected chi connectivity index (χ2v) is 34.2. The van der Waals surface area contributed by atoms with Gasteiger partial charge in [-0.2, -0.15) is 16.8 Å². The van der Waals surface area contributed by atoms with Gasteiger partial charge in [-0.05, 0) is 235 Å². The standard InChI is InChI=1S/C17H23NO2.C11H16O4S.2C10H14O2.C10H14O.C9H17N.C7H8O.C2H6.CH3I.CH4O3S.3CH4.CH3.2K.N3.Na.H2O.H2/c19-17(20-12-13-5-2-1-3-6-13)18-16-10-14-7-4-8-15(9-14)11-16;1-16(13,14)15-11-8-3-6-2-7(5-8)10(12)9(11)4-6;2*11-10(12)9-5-7-2-1-3-8(4-7)6-9;11-10-8-2-6-1-7(4-8)5-9(10)3-6;10-9-5-7-2-1-3-8(4-7)6-9;8-6-7-4-2-1-3-5-7;2*1-2;1-5(2,3)4;;;;;;;1-3-2;;;/h1-3,5-6,14-16H,4,7-12H2,(H,18,19);6-9,11H,2-5H2,1H3;2*1-2,7-9H,3-6H2,(H,11,12);6-9H,1-5H2;7-9H,1-6,10H2;1-5,8H,6H2;1-2H3;1H3;1H3,(H,2,3,4);3*1H4;1H3;;;;;1H2;1H/q;;;;;;;;;;;;;-1;2*+1;-1;+1;;/p-1/t;;2*7?,8?,9-;;;;;;;;;;;;;;;;/m..11................/s1/i;;;;;;;;;;1D;;;;;;;;;. The summed E-state index contributed by atoms with van der Waals surface area (Å²) in [5.74, 6) is 9.45. The Kier molecular flexibility index (Phi) is 59.2. The zero-order valence-electron chi connectivity index (χ0n) is 67.0. The minimum absolute atomic E-state index is 0. The van der Waals surface area contributed by atoms with Crippen molar-refractivity contribution in [1.82, 2.24) is 5.32 Å². The van der Waals surface area contributed by atoms with Crippen molar-refractivity contribution in [2.24, 2.45) is 112 Å². The van der Waals surface area contributed by atoms with E-state index in [0.717, 1.165) is 130 Å². The van der Waals surface area contributed by atoms with Crippen molar-refractivity contribution in [3.63, 3.8) is 0 Å². The number of carboxylic acid groups (broad SMARTS) is 2. The molecule has 14 saturated carbocycles. The number of aliphatic hydroxyl groups is 1. The average molecular weight is 1740 g/mol. The van der Waals surface area contributed by atoms with Crippen LogP contribution < -0.4 is 143 Å². The third-order valence-electron chi connectivity index (χ3n) is 23.3. The molecule has 0 saturated heterocycles. The third kappa shape index (κ3) is 40.7. The van der Waals surface area contributed by atoms with E-state index >= 15 is 0 Å². The number of ether oxygens (including phenoxy) is 1. The fourth-order valence-electron chi connectivity index (χ4n) is 19.7. The number of hydrogen-bond acceptors (Lipinski definition) is 14. The van der Waals surface area contributed by atoms with Crippen LogP contribution in [0.1, 0.15) is 236 Å². The topological polar surface area (TPSA) is 380 Å². The van der Waals surface area contributed by atoms with E-state index in [1.54, 1.807) is 0 Å². The molecule has 0 radical (unpaired) electrons. The molecule has 27 heteroatoms. The molecule has 1 amide bonds. The molecule has 16 aliphatic rings. The van der Waals surface area contributed by atoms with Crippen LogP contribution in [-0.4, -0.2) is 107 Å². The van der Waals surface area contributed by atoms with Gasteiger partial charge in [-0.3, -0.25) is 32.8 Å². The van der Waals surface area contributed by atoms with Crippen LogP contribution >= 0.6 is 22.6 Å². The molecule has 15 atom stereocenters. The molecular weight excluding hydrogens is 1600 g/mol. The zero-order valence-corrected chi connectivity index (χ0v) is 78.0. The van der Waals surface area contributed by atoms with Crippen molar-refractivity contribution in [3.05, 3.63) is 119 Å². The first-order valence-corrected chi connectivity index (χ1v) is 43.5. The zero-order chi connectivity index (χ0) is 75.8. The quantitative estimate of drug-likeness (QED) is 0.0137. The van der Waals surface area contributed by atoms with Gasteiger partial charge < -0.3 is 55.1 Å². The number of rotatable bonds is 8. The second kappa shape index (κ2) is 58.4. The number of benzene rings is 2. The minimum Gasteiger partial charge on any atom is -0.870 e. The van der Waals surface area contributed by atoms with Crippen LogP contribution in [-0.2, 0) is 61.5 Å². The number of amides is 1. The van der Waals surface area contributed by atoms with Gasteiger partial charge in [0.2, 0.25) is 0 Å². The van der Waals surface area contributed by atoms with Crippen molar-refractivity contribution in [2.45, 2.75) is 254 Å². The van der Waals surface area contributed by atoms with E-state index in [4.69, 9.17) is 47.0 Å². The summed E-state index contributed by atoms with van der Waals surface area (Å²) >= 11 is 2.15.